The lowest BCUT2D eigenvalue weighted by molar-refractivity contribution is -0.400. The first-order valence-electron chi connectivity index (χ1n) is 25.7. The minimum absolute atomic E-state index is 0.876. The summed E-state index contributed by atoms with van der Waals surface area (Å²) in [5, 5.41) is 212. The highest BCUT2D eigenvalue weighted by atomic mass is 16.8. The molecule has 82 heavy (non-hydrogen) atoms. The Morgan fingerprint density at radius 2 is 0.902 bits per heavy atom. The summed E-state index contributed by atoms with van der Waals surface area (Å²) in [4.78, 5) is 51.2. The number of nitrogens with one attached hydrogen (secondary N) is 3. The van der Waals surface area contributed by atoms with Crippen molar-refractivity contribution in [3.63, 3.8) is 0 Å². The van der Waals surface area contributed by atoms with Crippen LogP contribution in [0.1, 0.15) is 27.2 Å². The predicted octanol–water partition coefficient (Wildman–Crippen LogP) is -14.5. The summed E-state index contributed by atoms with van der Waals surface area (Å²) in [6.07, 6.45) is -57.3. The van der Waals surface area contributed by atoms with Crippen LogP contribution in [0.25, 0.3) is 0 Å². The van der Waals surface area contributed by atoms with Gasteiger partial charge in [-0.3, -0.25) is 14.4 Å². The number of amides is 3. The number of hydrogen-bond acceptors (Lipinski definition) is 33. The largest absolute Gasteiger partial charge is 0.477 e. The number of ether oxygens (including phenoxy) is 11. The lowest BCUT2D eigenvalue weighted by Crippen LogP contribution is -2.72. The van der Waals surface area contributed by atoms with E-state index in [2.05, 4.69) is 16.0 Å². The van der Waals surface area contributed by atoms with Crippen molar-refractivity contribution in [3.05, 3.63) is 0 Å². The molecule has 31 atom stereocenters. The molecule has 6 fully saturated rings. The van der Waals surface area contributed by atoms with Crippen molar-refractivity contribution in [2.75, 3.05) is 39.6 Å². The monoisotopic (exact) mass is 1200 g/mol. The number of hydrogen-bond donors (Lipinski definition) is 22. The van der Waals surface area contributed by atoms with Gasteiger partial charge in [0.1, 0.15) is 140 Å². The topological polar surface area (TPSA) is 590 Å². The van der Waals surface area contributed by atoms with E-state index in [0.29, 0.717) is 0 Å². The van der Waals surface area contributed by atoms with E-state index < -0.39 is 259 Å². The second-order valence-electron chi connectivity index (χ2n) is 20.4. The molecule has 0 bridgehead atoms. The molecule has 22 N–H and O–H groups in total. The molecule has 6 aliphatic heterocycles. The van der Waals surface area contributed by atoms with Gasteiger partial charge < -0.3 is 165 Å². The molecule has 37 heteroatoms. The molecule has 0 radical (unpaired) electrons. The van der Waals surface area contributed by atoms with Gasteiger partial charge in [0, 0.05) is 27.2 Å². The molecule has 474 valence electrons. The fraction of sp³-hybridized carbons (Fsp3) is 0.911. The number of aliphatic hydroxyl groups excluding tert-OH is 18. The van der Waals surface area contributed by atoms with Gasteiger partial charge in [-0.15, -0.1) is 0 Å². The van der Waals surface area contributed by atoms with E-state index in [9.17, 15) is 116 Å². The van der Waals surface area contributed by atoms with Gasteiger partial charge >= 0.3 is 5.97 Å². The molecule has 6 aliphatic rings. The zero-order valence-electron chi connectivity index (χ0n) is 43.9. The van der Waals surface area contributed by atoms with Crippen LogP contribution in [0.5, 0.6) is 0 Å². The third kappa shape index (κ3) is 14.6. The second kappa shape index (κ2) is 28.9. The Balaban J connectivity index is 1.38. The maximum Gasteiger partial charge on any atom is 0.364 e. The van der Waals surface area contributed by atoms with Crippen LogP contribution in [0.2, 0.25) is 0 Å². The van der Waals surface area contributed by atoms with E-state index in [1.54, 1.807) is 0 Å². The van der Waals surface area contributed by atoms with Crippen molar-refractivity contribution >= 4 is 23.7 Å². The fourth-order valence-corrected chi connectivity index (χ4v) is 10.4. The molecular weight excluding hydrogens is 1130 g/mol. The van der Waals surface area contributed by atoms with Crippen LogP contribution < -0.4 is 16.0 Å². The first kappa shape index (κ1) is 67.8. The fourth-order valence-electron chi connectivity index (χ4n) is 10.4. The molecule has 6 heterocycles. The van der Waals surface area contributed by atoms with Gasteiger partial charge in [-0.1, -0.05) is 0 Å². The van der Waals surface area contributed by atoms with Gasteiger partial charge in [-0.05, 0) is 0 Å². The third-order valence-electron chi connectivity index (χ3n) is 14.6. The maximum absolute atomic E-state index is 13.6. The average molecular weight is 1200 g/mol. The maximum atomic E-state index is 13.6. The van der Waals surface area contributed by atoms with Crippen LogP contribution in [0.4, 0.5) is 0 Å². The molecule has 0 aromatic carbocycles. The summed E-state index contributed by atoms with van der Waals surface area (Å²) in [5.41, 5.74) is 0. The zero-order chi connectivity index (χ0) is 61.0. The van der Waals surface area contributed by atoms with Gasteiger partial charge in [0.15, 0.2) is 31.5 Å². The standard InChI is InChI=1S/C45H75N3O34/c1-11(55)46-21-14(58)4-45(44(70)71,81-37(21)24(60)15(59)5-49)82-38-32(68)43(76-20(10-54)35(38)79-40-22(47-12(2)56)27(63)25(61)16(6-50)73-40)80-36-23(48-13(3)57)41(74-17(7-51)26(36)62)77-34-19(9-53)75-42(31(67)29(34)65)78-33-18(8-52)72-39(69)30(66)28(33)64/h14-43,49-54,58-69H,4-10H2,1-3H3,(H,46,55)(H,47,56)(H,48,57)(H,70,71)/t14-,15+,16+,17+,18+,19+,20+,21+,22+,23+,24+,25-,26-,27+,28+,29+,30+,31+,32+,33+,34-,35-,36+,37+,38+,39+,40+,41-,42-,43-,45-/m0/s1. The van der Waals surface area contributed by atoms with Crippen molar-refractivity contribution < 1.29 is 168 Å². The van der Waals surface area contributed by atoms with E-state index in [1.807, 2.05) is 0 Å². The smallest absolute Gasteiger partial charge is 0.364 e. The quantitative estimate of drug-likeness (QED) is 0.0479. The number of aliphatic hydroxyl groups is 18. The van der Waals surface area contributed by atoms with Gasteiger partial charge in [-0.2, -0.15) is 0 Å². The summed E-state index contributed by atoms with van der Waals surface area (Å²) in [6.45, 7) is -3.78. The molecule has 37 nitrogen and oxygen atoms in total. The Kier molecular flexibility index (Phi) is 23.9. The van der Waals surface area contributed by atoms with Gasteiger partial charge in [0.2, 0.25) is 17.7 Å². The molecule has 0 unspecified atom stereocenters. The molecule has 0 aromatic heterocycles. The summed E-state index contributed by atoms with van der Waals surface area (Å²) in [6, 6.07) is -5.51. The molecule has 6 saturated heterocycles. The van der Waals surface area contributed by atoms with E-state index in [0.717, 1.165) is 20.8 Å². The minimum atomic E-state index is -3.38. The van der Waals surface area contributed by atoms with Crippen LogP contribution in [0.15, 0.2) is 0 Å². The lowest BCUT2D eigenvalue weighted by Gasteiger charge is -2.53. The van der Waals surface area contributed by atoms with Crippen LogP contribution >= 0.6 is 0 Å². The van der Waals surface area contributed by atoms with Crippen LogP contribution in [-0.4, -0.2) is 350 Å². The van der Waals surface area contributed by atoms with Crippen molar-refractivity contribution in [2.45, 2.75) is 217 Å². The van der Waals surface area contributed by atoms with Crippen LogP contribution in [0.3, 0.4) is 0 Å². The Bertz CT molecular complexity index is 2090. The number of rotatable bonds is 22. The SMILES string of the molecule is CC(=O)N[C@H]1[C@@H](O[C@@H]2[C@H](O[C@]3(C(=O)O)C[C@H](O)[C@@H](NC(C)=O)[C@H]([C@H](O)[C@H](O)CO)O3)[C@@H](O)[C@H](O[C@H]3[C@@H](O)[C@@H](CO)O[C@@H](O[C@@H]4[C@H](O)[C@@H](O)[C@H](O[C@H]5[C@H](O)[C@@H](O)[C@H](O)O[C@@H]5CO)O[C@@H]4CO)[C@@H]3NC(C)=O)O[C@@H]2CO)O[C@H](CO)[C@H](O)[C@@H]1O. The normalized spacial score (nSPS) is 46.3. The number of aliphatic carboxylic acids is 1. The summed E-state index contributed by atoms with van der Waals surface area (Å²) in [7, 11) is 0. The van der Waals surface area contributed by atoms with Gasteiger partial charge in [0.05, 0.1) is 51.8 Å². The molecule has 0 aromatic rings. The number of carbonyl (C=O) groups excluding carboxylic acids is 3. The zero-order valence-corrected chi connectivity index (χ0v) is 43.9. The lowest BCUT2D eigenvalue weighted by atomic mass is 9.88. The summed E-state index contributed by atoms with van der Waals surface area (Å²) >= 11 is 0. The Morgan fingerprint density at radius 3 is 1.43 bits per heavy atom. The van der Waals surface area contributed by atoms with E-state index >= 15 is 0 Å². The van der Waals surface area contributed by atoms with E-state index in [-0.39, 0.29) is 0 Å². The molecule has 6 rings (SSSR count). The summed E-state index contributed by atoms with van der Waals surface area (Å²) in [5.74, 6) is -8.28. The molecule has 0 spiro atoms. The highest BCUT2D eigenvalue weighted by Crippen LogP contribution is 2.41. The third-order valence-corrected chi connectivity index (χ3v) is 14.6. The molecule has 0 aliphatic carbocycles. The second-order valence-corrected chi connectivity index (χ2v) is 20.4. The highest BCUT2D eigenvalue weighted by Gasteiger charge is 2.62. The highest BCUT2D eigenvalue weighted by molar-refractivity contribution is 5.77. The summed E-state index contributed by atoms with van der Waals surface area (Å²) < 4.78 is 63.9. The van der Waals surface area contributed by atoms with Crippen LogP contribution in [-0.2, 0) is 71.3 Å². The molecule has 3 amide bonds. The molecule has 0 saturated carbocycles. The Hall–Kier alpha value is -3.28. The number of carboxylic acids is 1. The van der Waals surface area contributed by atoms with Gasteiger partial charge in [-0.25, -0.2) is 4.79 Å². The Labute approximate surface area is 463 Å². The number of carboxylic acid groups (broad SMARTS) is 1. The first-order chi connectivity index (χ1) is 38.6. The van der Waals surface area contributed by atoms with Crippen LogP contribution in [0, 0.1) is 0 Å². The first-order valence-corrected chi connectivity index (χ1v) is 25.7. The minimum Gasteiger partial charge on any atom is -0.477 e. The van der Waals surface area contributed by atoms with E-state index in [4.69, 9.17) is 52.1 Å². The number of carbonyl (C=O) groups is 4. The average Bonchev–Trinajstić information content (AvgIpc) is 2.24. The Morgan fingerprint density at radius 1 is 0.476 bits per heavy atom. The van der Waals surface area contributed by atoms with Crippen molar-refractivity contribution in [1.82, 2.24) is 16.0 Å². The van der Waals surface area contributed by atoms with E-state index in [1.165, 1.54) is 0 Å². The van der Waals surface area contributed by atoms with Crippen molar-refractivity contribution in [3.8, 4) is 0 Å². The predicted molar refractivity (Wildman–Crippen MR) is 251 cm³/mol. The van der Waals surface area contributed by atoms with Crippen molar-refractivity contribution in [1.29, 1.82) is 0 Å². The van der Waals surface area contributed by atoms with Gasteiger partial charge in [0.25, 0.3) is 5.79 Å². The molecular formula is C45H75N3O34. The van der Waals surface area contributed by atoms with Crippen molar-refractivity contribution in [2.24, 2.45) is 0 Å².